The van der Waals surface area contributed by atoms with Crippen molar-refractivity contribution in [1.82, 2.24) is 14.8 Å². The summed E-state index contributed by atoms with van der Waals surface area (Å²) >= 11 is 0. The van der Waals surface area contributed by atoms with Gasteiger partial charge in [0.05, 0.1) is 18.2 Å². The number of hydrogen-bond donors (Lipinski definition) is 1. The third-order valence-corrected chi connectivity index (χ3v) is 2.61. The Balaban J connectivity index is 2.52. The van der Waals surface area contributed by atoms with Crippen molar-refractivity contribution in [3.05, 3.63) is 28.2 Å². The van der Waals surface area contributed by atoms with Crippen molar-refractivity contribution in [3.63, 3.8) is 0 Å². The van der Waals surface area contributed by atoms with Gasteiger partial charge in [0.25, 0.3) is 0 Å². The summed E-state index contributed by atoms with van der Waals surface area (Å²) in [6, 6.07) is 0. The minimum Gasteiger partial charge on any atom is -0.462 e. The first-order valence-electron chi connectivity index (χ1n) is 5.93. The Morgan fingerprint density at radius 1 is 1.50 bits per heavy atom. The Kier molecular flexibility index (Phi) is 3.45. The fourth-order valence-corrected chi connectivity index (χ4v) is 1.80. The van der Waals surface area contributed by atoms with Gasteiger partial charge in [-0.1, -0.05) is 6.92 Å². The molecule has 2 heterocycles. The van der Waals surface area contributed by atoms with Crippen molar-refractivity contribution in [2.45, 2.75) is 26.8 Å². The number of esters is 1. The summed E-state index contributed by atoms with van der Waals surface area (Å²) in [7, 11) is 0. The SMILES string of the molecule is CCCn1ncc2c(=O)c(C(=O)OCC)c[nH]c21. The van der Waals surface area contributed by atoms with E-state index in [0.717, 1.165) is 13.0 Å². The molecule has 18 heavy (non-hydrogen) atoms. The van der Waals surface area contributed by atoms with Crippen LogP contribution in [0.5, 0.6) is 0 Å². The van der Waals surface area contributed by atoms with Gasteiger partial charge in [-0.3, -0.25) is 4.79 Å². The van der Waals surface area contributed by atoms with Crippen LogP contribution in [-0.2, 0) is 11.3 Å². The van der Waals surface area contributed by atoms with Crippen molar-refractivity contribution in [3.8, 4) is 0 Å². The lowest BCUT2D eigenvalue weighted by Crippen LogP contribution is -2.18. The van der Waals surface area contributed by atoms with Gasteiger partial charge in [0.15, 0.2) is 0 Å². The maximum Gasteiger partial charge on any atom is 0.343 e. The van der Waals surface area contributed by atoms with Crippen LogP contribution in [0, 0.1) is 0 Å². The van der Waals surface area contributed by atoms with Gasteiger partial charge in [-0.2, -0.15) is 5.10 Å². The standard InChI is InChI=1S/C12H15N3O3/c1-3-5-15-11-8(7-14-15)10(16)9(6-13-11)12(17)18-4-2/h6-7H,3-5H2,1-2H3,(H,13,16). The summed E-state index contributed by atoms with van der Waals surface area (Å²) in [5, 5.41) is 4.54. The van der Waals surface area contributed by atoms with Crippen LogP contribution in [0.4, 0.5) is 0 Å². The number of H-pyrrole nitrogens is 1. The average Bonchev–Trinajstić information content (AvgIpc) is 2.75. The average molecular weight is 249 g/mol. The van der Waals surface area contributed by atoms with Crippen molar-refractivity contribution in [1.29, 1.82) is 0 Å². The molecule has 0 unspecified atom stereocenters. The molecule has 1 N–H and O–H groups in total. The monoisotopic (exact) mass is 249 g/mol. The normalized spacial score (nSPS) is 10.8. The lowest BCUT2D eigenvalue weighted by Gasteiger charge is -2.03. The molecule has 0 bridgehead atoms. The molecule has 0 atom stereocenters. The lowest BCUT2D eigenvalue weighted by atomic mass is 10.2. The molecule has 6 nitrogen and oxygen atoms in total. The minimum absolute atomic E-state index is 0.0143. The minimum atomic E-state index is -0.608. The Bertz CT molecular complexity index is 627. The van der Waals surface area contributed by atoms with Gasteiger partial charge in [0, 0.05) is 12.7 Å². The van der Waals surface area contributed by atoms with E-state index in [9.17, 15) is 9.59 Å². The fraction of sp³-hybridized carbons (Fsp3) is 0.417. The molecule has 0 fully saturated rings. The first-order chi connectivity index (χ1) is 8.69. The number of nitrogens with one attached hydrogen (secondary N) is 1. The summed E-state index contributed by atoms with van der Waals surface area (Å²) in [6.07, 6.45) is 3.78. The van der Waals surface area contributed by atoms with Crippen LogP contribution in [0.3, 0.4) is 0 Å². The third-order valence-electron chi connectivity index (χ3n) is 2.61. The van der Waals surface area contributed by atoms with Crippen LogP contribution in [0.15, 0.2) is 17.2 Å². The Morgan fingerprint density at radius 2 is 2.28 bits per heavy atom. The zero-order valence-corrected chi connectivity index (χ0v) is 10.4. The Hall–Kier alpha value is -2.11. The van der Waals surface area contributed by atoms with Gasteiger partial charge in [-0.15, -0.1) is 0 Å². The molecule has 2 rings (SSSR count). The second-order valence-corrected chi connectivity index (χ2v) is 3.88. The number of ether oxygens (including phenoxy) is 1. The number of rotatable bonds is 4. The van der Waals surface area contributed by atoms with Crippen LogP contribution in [-0.4, -0.2) is 27.3 Å². The smallest absolute Gasteiger partial charge is 0.343 e. The first-order valence-corrected chi connectivity index (χ1v) is 5.93. The Morgan fingerprint density at radius 3 is 2.94 bits per heavy atom. The van der Waals surface area contributed by atoms with E-state index in [1.807, 2.05) is 6.92 Å². The second kappa shape index (κ2) is 5.03. The summed E-state index contributed by atoms with van der Waals surface area (Å²) in [5.41, 5.74) is 0.305. The number of aromatic nitrogens is 3. The van der Waals surface area contributed by atoms with Crippen LogP contribution < -0.4 is 5.43 Å². The highest BCUT2D eigenvalue weighted by atomic mass is 16.5. The molecule has 0 saturated carbocycles. The van der Waals surface area contributed by atoms with Crippen molar-refractivity contribution in [2.24, 2.45) is 0 Å². The van der Waals surface area contributed by atoms with Gasteiger partial charge in [-0.05, 0) is 13.3 Å². The van der Waals surface area contributed by atoms with Crippen LogP contribution >= 0.6 is 0 Å². The molecule has 0 spiro atoms. The number of aryl methyl sites for hydroxylation is 1. The topological polar surface area (TPSA) is 77.0 Å². The third kappa shape index (κ3) is 2.01. The van der Waals surface area contributed by atoms with Crippen molar-refractivity contribution < 1.29 is 9.53 Å². The Labute approximate surface area is 104 Å². The summed E-state index contributed by atoms with van der Waals surface area (Å²) in [6.45, 7) is 4.69. The molecule has 0 saturated heterocycles. The van der Waals surface area contributed by atoms with E-state index in [1.165, 1.54) is 12.4 Å². The predicted molar refractivity (Wildman–Crippen MR) is 66.6 cm³/mol. The lowest BCUT2D eigenvalue weighted by molar-refractivity contribution is 0.0524. The first kappa shape index (κ1) is 12.3. The molecule has 0 aromatic carbocycles. The van der Waals surface area contributed by atoms with Crippen LogP contribution in [0.25, 0.3) is 11.0 Å². The van der Waals surface area contributed by atoms with E-state index in [4.69, 9.17) is 4.74 Å². The molecule has 0 aliphatic rings. The number of carbonyl (C=O) groups is 1. The quantitative estimate of drug-likeness (QED) is 0.829. The maximum atomic E-state index is 12.1. The number of hydrogen-bond acceptors (Lipinski definition) is 4. The zero-order valence-electron chi connectivity index (χ0n) is 10.4. The van der Waals surface area contributed by atoms with Gasteiger partial charge in [-0.25, -0.2) is 9.48 Å². The molecule has 2 aromatic rings. The highest BCUT2D eigenvalue weighted by molar-refractivity contribution is 5.92. The molecule has 0 radical (unpaired) electrons. The fourth-order valence-electron chi connectivity index (χ4n) is 1.80. The van der Waals surface area contributed by atoms with E-state index in [2.05, 4.69) is 10.1 Å². The molecular weight excluding hydrogens is 234 g/mol. The van der Waals surface area contributed by atoms with E-state index in [-0.39, 0.29) is 17.6 Å². The van der Waals surface area contributed by atoms with Crippen LogP contribution in [0.1, 0.15) is 30.6 Å². The molecule has 0 aliphatic heterocycles. The number of fused-ring (bicyclic) bond motifs is 1. The molecule has 0 aliphatic carbocycles. The highest BCUT2D eigenvalue weighted by Gasteiger charge is 2.15. The van der Waals surface area contributed by atoms with E-state index < -0.39 is 5.97 Å². The molecule has 0 amide bonds. The van der Waals surface area contributed by atoms with Crippen LogP contribution in [0.2, 0.25) is 0 Å². The summed E-state index contributed by atoms with van der Waals surface area (Å²) in [4.78, 5) is 26.6. The molecular formula is C12H15N3O3. The van der Waals surface area contributed by atoms with E-state index >= 15 is 0 Å². The predicted octanol–water partition coefficient (Wildman–Crippen LogP) is 1.31. The molecule has 6 heteroatoms. The number of nitrogens with zero attached hydrogens (tertiary/aromatic N) is 2. The highest BCUT2D eigenvalue weighted by Crippen LogP contribution is 2.08. The van der Waals surface area contributed by atoms with Crippen molar-refractivity contribution in [2.75, 3.05) is 6.61 Å². The number of carbonyl (C=O) groups excluding carboxylic acids is 1. The zero-order chi connectivity index (χ0) is 13.1. The largest absolute Gasteiger partial charge is 0.462 e. The number of pyridine rings is 1. The molecule has 96 valence electrons. The second-order valence-electron chi connectivity index (χ2n) is 3.88. The van der Waals surface area contributed by atoms with Crippen molar-refractivity contribution >= 4 is 17.0 Å². The summed E-state index contributed by atoms with van der Waals surface area (Å²) in [5.74, 6) is -0.608. The van der Waals surface area contributed by atoms with Gasteiger partial charge >= 0.3 is 5.97 Å². The maximum absolute atomic E-state index is 12.1. The number of aromatic amines is 1. The van der Waals surface area contributed by atoms with Gasteiger partial charge < -0.3 is 9.72 Å². The van der Waals surface area contributed by atoms with Gasteiger partial charge in [0.2, 0.25) is 5.43 Å². The van der Waals surface area contributed by atoms with E-state index in [1.54, 1.807) is 11.6 Å². The summed E-state index contributed by atoms with van der Waals surface area (Å²) < 4.78 is 6.54. The molecule has 2 aromatic heterocycles. The van der Waals surface area contributed by atoms with Gasteiger partial charge in [0.1, 0.15) is 11.2 Å². The van der Waals surface area contributed by atoms with E-state index in [0.29, 0.717) is 11.0 Å².